The zero-order chi connectivity index (χ0) is 20.1. The fourth-order valence-electron chi connectivity index (χ4n) is 3.70. The Morgan fingerprint density at radius 3 is 2.22 bits per heavy atom. The summed E-state index contributed by atoms with van der Waals surface area (Å²) in [5, 5.41) is 20.0. The van der Waals surface area contributed by atoms with E-state index >= 15 is 0 Å². The lowest BCUT2D eigenvalue weighted by Crippen LogP contribution is -2.57. The number of aliphatic imine (C=N–C) groups is 1. The predicted molar refractivity (Wildman–Crippen MR) is 102 cm³/mol. The maximum absolute atomic E-state index is 11.2. The molecule has 0 amide bonds. The van der Waals surface area contributed by atoms with Gasteiger partial charge in [0, 0.05) is 0 Å². The van der Waals surface area contributed by atoms with Gasteiger partial charge in [0.05, 0.1) is 12.5 Å². The first-order chi connectivity index (χ1) is 12.9. The standard InChI is InChI=1S/C20H36N2O5/c1-3-5-6-7-8-9-10-11-12-13-17-14-22(4-2,15-18(23)24)20(21-17)27-16-19(25)26/h17H,3-16H2,1-2H3,(H-,23,24,25,26). The van der Waals surface area contributed by atoms with Gasteiger partial charge in [0.1, 0.15) is 19.1 Å². The predicted octanol–water partition coefficient (Wildman–Crippen LogP) is 2.33. The van der Waals surface area contributed by atoms with E-state index in [1.54, 1.807) is 0 Å². The van der Waals surface area contributed by atoms with E-state index in [2.05, 4.69) is 11.9 Å². The summed E-state index contributed by atoms with van der Waals surface area (Å²) in [4.78, 5) is 26.5. The number of hydrogen-bond acceptors (Lipinski definition) is 5. The number of unbranched alkanes of at least 4 members (excludes halogenated alkanes) is 8. The van der Waals surface area contributed by atoms with Gasteiger partial charge in [-0.2, -0.15) is 4.99 Å². The molecule has 1 N–H and O–H groups in total. The summed E-state index contributed by atoms with van der Waals surface area (Å²) in [7, 11) is 0. The van der Waals surface area contributed by atoms with Crippen LogP contribution in [0.1, 0.15) is 78.1 Å². The van der Waals surface area contributed by atoms with Gasteiger partial charge in [0.25, 0.3) is 0 Å². The number of carbonyl (C=O) groups excluding carboxylic acids is 1. The van der Waals surface area contributed by atoms with E-state index in [1.807, 2.05) is 6.92 Å². The van der Waals surface area contributed by atoms with Gasteiger partial charge < -0.3 is 19.7 Å². The molecule has 156 valence electrons. The van der Waals surface area contributed by atoms with E-state index in [-0.39, 0.29) is 23.1 Å². The lowest BCUT2D eigenvalue weighted by atomic mass is 10.0. The quantitative estimate of drug-likeness (QED) is 0.345. The van der Waals surface area contributed by atoms with Crippen LogP contribution in [0.5, 0.6) is 0 Å². The molecule has 2 unspecified atom stereocenters. The highest BCUT2D eigenvalue weighted by Gasteiger charge is 2.43. The Balaban J connectivity index is 2.42. The molecule has 1 aliphatic rings. The number of carboxylic acid groups (broad SMARTS) is 2. The zero-order valence-electron chi connectivity index (χ0n) is 17.0. The first-order valence-corrected chi connectivity index (χ1v) is 10.4. The lowest BCUT2D eigenvalue weighted by Gasteiger charge is -2.32. The molecule has 0 aliphatic carbocycles. The van der Waals surface area contributed by atoms with Crippen LogP contribution in [0.25, 0.3) is 0 Å². The SMILES string of the molecule is CCCCCCCCCCCC1C[N+](CC)(CC(=O)[O-])C(OCC(=O)O)=N1. The largest absolute Gasteiger partial charge is 0.544 e. The molecule has 7 nitrogen and oxygen atoms in total. The first kappa shape index (κ1) is 23.4. The van der Waals surface area contributed by atoms with Crippen molar-refractivity contribution in [1.82, 2.24) is 0 Å². The smallest absolute Gasteiger partial charge is 0.395 e. The minimum atomic E-state index is -1.17. The van der Waals surface area contributed by atoms with Crippen molar-refractivity contribution in [3.63, 3.8) is 0 Å². The highest BCUT2D eigenvalue weighted by molar-refractivity contribution is 5.76. The van der Waals surface area contributed by atoms with E-state index in [9.17, 15) is 14.7 Å². The molecule has 1 rings (SSSR count). The first-order valence-electron chi connectivity index (χ1n) is 10.4. The van der Waals surface area contributed by atoms with Crippen LogP contribution in [0.4, 0.5) is 0 Å². The maximum Gasteiger partial charge on any atom is 0.395 e. The van der Waals surface area contributed by atoms with Gasteiger partial charge in [-0.25, -0.2) is 9.28 Å². The number of hydrogen-bond donors (Lipinski definition) is 1. The van der Waals surface area contributed by atoms with Crippen molar-refractivity contribution in [2.45, 2.75) is 84.1 Å². The molecule has 0 fully saturated rings. The minimum Gasteiger partial charge on any atom is -0.544 e. The van der Waals surface area contributed by atoms with Gasteiger partial charge in [0.2, 0.25) is 0 Å². The van der Waals surface area contributed by atoms with Gasteiger partial charge in [-0.15, -0.1) is 0 Å². The summed E-state index contributed by atoms with van der Waals surface area (Å²) >= 11 is 0. The molecular formula is C20H36N2O5. The van der Waals surface area contributed by atoms with Crippen molar-refractivity contribution in [3.8, 4) is 0 Å². The number of rotatable bonds is 15. The molecule has 0 aromatic heterocycles. The maximum atomic E-state index is 11.2. The Morgan fingerprint density at radius 2 is 1.70 bits per heavy atom. The van der Waals surface area contributed by atoms with E-state index in [4.69, 9.17) is 9.84 Å². The van der Waals surface area contributed by atoms with Crippen molar-refractivity contribution in [3.05, 3.63) is 0 Å². The topological polar surface area (TPSA) is 99.0 Å². The molecule has 0 bridgehead atoms. The van der Waals surface area contributed by atoms with Gasteiger partial charge in [-0.3, -0.25) is 0 Å². The Hall–Kier alpha value is -1.63. The summed E-state index contributed by atoms with van der Waals surface area (Å²) in [6.07, 6.45) is 12.1. The number of carbonyl (C=O) groups is 2. The second kappa shape index (κ2) is 12.7. The van der Waals surface area contributed by atoms with Gasteiger partial charge in [-0.05, 0) is 13.3 Å². The fourth-order valence-corrected chi connectivity index (χ4v) is 3.70. The Kier molecular flexibility index (Phi) is 11.0. The molecule has 0 radical (unpaired) electrons. The van der Waals surface area contributed by atoms with E-state index in [1.165, 1.54) is 44.9 Å². The zero-order valence-corrected chi connectivity index (χ0v) is 17.0. The summed E-state index contributed by atoms with van der Waals surface area (Å²) in [5.74, 6) is -2.27. The summed E-state index contributed by atoms with van der Waals surface area (Å²) in [5.41, 5.74) is 0. The van der Waals surface area contributed by atoms with Crippen molar-refractivity contribution in [1.29, 1.82) is 0 Å². The third-order valence-electron chi connectivity index (χ3n) is 5.26. The number of likely N-dealkylation sites (N-methyl/N-ethyl adjacent to an activating group) is 1. The highest BCUT2D eigenvalue weighted by Crippen LogP contribution is 2.24. The second-order valence-corrected chi connectivity index (χ2v) is 7.54. The molecule has 7 heteroatoms. The summed E-state index contributed by atoms with van der Waals surface area (Å²) in [6.45, 7) is 4.38. The average molecular weight is 385 g/mol. The van der Waals surface area contributed by atoms with Crippen LogP contribution in [0.2, 0.25) is 0 Å². The van der Waals surface area contributed by atoms with Crippen molar-refractivity contribution in [2.75, 3.05) is 26.2 Å². The van der Waals surface area contributed by atoms with Crippen LogP contribution in [0.3, 0.4) is 0 Å². The lowest BCUT2D eigenvalue weighted by molar-refractivity contribution is -0.838. The molecule has 0 saturated carbocycles. The van der Waals surface area contributed by atoms with E-state index in [0.29, 0.717) is 13.1 Å². The third-order valence-corrected chi connectivity index (χ3v) is 5.26. The fraction of sp³-hybridized carbons (Fsp3) is 0.850. The third kappa shape index (κ3) is 8.73. The van der Waals surface area contributed by atoms with Crippen molar-refractivity contribution < 1.29 is 29.0 Å². The minimum absolute atomic E-state index is 0.0161. The molecule has 0 saturated heterocycles. The van der Waals surface area contributed by atoms with Crippen LogP contribution in [-0.2, 0) is 14.3 Å². The number of carboxylic acids is 2. The van der Waals surface area contributed by atoms with Gasteiger partial charge in [0.15, 0.2) is 6.61 Å². The number of ether oxygens (including phenoxy) is 1. The Morgan fingerprint density at radius 1 is 1.11 bits per heavy atom. The van der Waals surface area contributed by atoms with Crippen LogP contribution < -0.4 is 5.11 Å². The van der Waals surface area contributed by atoms with E-state index in [0.717, 1.165) is 19.3 Å². The molecule has 0 aromatic carbocycles. The molecule has 2 atom stereocenters. The van der Waals surface area contributed by atoms with Gasteiger partial charge >= 0.3 is 12.0 Å². The molecule has 0 aromatic rings. The van der Waals surface area contributed by atoms with Crippen molar-refractivity contribution >= 4 is 18.0 Å². The normalized spacial score (nSPS) is 21.9. The number of nitrogens with zero attached hydrogens (tertiary/aromatic N) is 2. The average Bonchev–Trinajstić information content (AvgIpc) is 2.95. The molecule has 27 heavy (non-hydrogen) atoms. The van der Waals surface area contributed by atoms with Crippen LogP contribution in [0.15, 0.2) is 4.99 Å². The highest BCUT2D eigenvalue weighted by atomic mass is 16.5. The van der Waals surface area contributed by atoms with Crippen LogP contribution in [-0.4, -0.2) is 59.8 Å². The molecule has 1 heterocycles. The second-order valence-electron chi connectivity index (χ2n) is 7.54. The number of amidine groups is 1. The number of aliphatic carboxylic acids is 2. The monoisotopic (exact) mass is 384 g/mol. The summed E-state index contributed by atoms with van der Waals surface area (Å²) < 4.78 is 5.36. The van der Waals surface area contributed by atoms with E-state index < -0.39 is 18.5 Å². The van der Waals surface area contributed by atoms with Gasteiger partial charge in [-0.1, -0.05) is 64.7 Å². The van der Waals surface area contributed by atoms with Crippen LogP contribution in [0, 0.1) is 0 Å². The molecule has 1 aliphatic heterocycles. The molecule has 0 spiro atoms. The molecular weight excluding hydrogens is 348 g/mol. The summed E-state index contributed by atoms with van der Waals surface area (Å²) in [6, 6.07) is 0.211. The number of quaternary nitrogens is 1. The Bertz CT molecular complexity index is 495. The Labute approximate surface area is 163 Å². The van der Waals surface area contributed by atoms with Crippen molar-refractivity contribution in [2.24, 2.45) is 4.99 Å². The van der Waals surface area contributed by atoms with Crippen LogP contribution >= 0.6 is 0 Å².